The zero-order valence-corrected chi connectivity index (χ0v) is 12.4. The van der Waals surface area contributed by atoms with E-state index in [4.69, 9.17) is 4.74 Å². The molecule has 2 rings (SSSR count). The molecule has 0 spiro atoms. The van der Waals surface area contributed by atoms with Crippen molar-refractivity contribution in [1.29, 1.82) is 0 Å². The smallest absolute Gasteiger partial charge is 0.393 e. The summed E-state index contributed by atoms with van der Waals surface area (Å²) in [4.78, 5) is 0. The van der Waals surface area contributed by atoms with Crippen LogP contribution in [0.3, 0.4) is 0 Å². The van der Waals surface area contributed by atoms with E-state index in [-0.39, 0.29) is 12.5 Å². The predicted octanol–water partition coefficient (Wildman–Crippen LogP) is 4.47. The molecule has 2 nitrogen and oxygen atoms in total. The van der Waals surface area contributed by atoms with E-state index < -0.39 is 18.1 Å². The van der Waals surface area contributed by atoms with Crippen molar-refractivity contribution in [2.75, 3.05) is 7.11 Å². The number of nitrogens with one attached hydrogen (secondary N) is 1. The highest BCUT2D eigenvalue weighted by molar-refractivity contribution is 5.35. The lowest BCUT2D eigenvalue weighted by atomic mass is 9.83. The quantitative estimate of drug-likeness (QED) is 0.886. The van der Waals surface area contributed by atoms with Gasteiger partial charge in [-0.15, -0.1) is 0 Å². The van der Waals surface area contributed by atoms with E-state index in [2.05, 4.69) is 5.32 Å². The minimum absolute atomic E-state index is 0.172. The molecule has 0 radical (unpaired) electrons. The van der Waals surface area contributed by atoms with E-state index in [0.29, 0.717) is 18.6 Å². The Hall–Kier alpha value is -1.23. The SMILES string of the molecule is COc1ccccc1[C@H](C)NC1CCCCC1C(F)(F)F. The van der Waals surface area contributed by atoms with Crippen LogP contribution in [0, 0.1) is 5.92 Å². The van der Waals surface area contributed by atoms with Gasteiger partial charge in [0.15, 0.2) is 0 Å². The number of hydrogen-bond acceptors (Lipinski definition) is 2. The molecule has 1 aliphatic carbocycles. The number of ether oxygens (including phenoxy) is 1. The first-order valence-electron chi connectivity index (χ1n) is 7.39. The standard InChI is InChI=1S/C16H22F3NO/c1-11(12-7-3-6-10-15(12)21-2)20-14-9-5-4-8-13(14)16(17,18)19/h3,6-7,10-11,13-14,20H,4-5,8-9H2,1-2H3/t11-,13?,14?/m0/s1. The Morgan fingerprint density at radius 2 is 1.86 bits per heavy atom. The van der Waals surface area contributed by atoms with Crippen LogP contribution in [0.25, 0.3) is 0 Å². The summed E-state index contributed by atoms with van der Waals surface area (Å²) in [6.45, 7) is 1.89. The van der Waals surface area contributed by atoms with Gasteiger partial charge in [0.1, 0.15) is 5.75 Å². The maximum absolute atomic E-state index is 13.1. The van der Waals surface area contributed by atoms with Gasteiger partial charge in [0.25, 0.3) is 0 Å². The molecule has 1 saturated carbocycles. The maximum Gasteiger partial charge on any atom is 0.393 e. The molecule has 2 unspecified atom stereocenters. The van der Waals surface area contributed by atoms with Gasteiger partial charge in [-0.25, -0.2) is 0 Å². The van der Waals surface area contributed by atoms with Crippen molar-refractivity contribution in [1.82, 2.24) is 5.32 Å². The zero-order valence-electron chi connectivity index (χ0n) is 12.4. The number of rotatable bonds is 4. The third-order valence-electron chi connectivity index (χ3n) is 4.26. The van der Waals surface area contributed by atoms with E-state index in [1.807, 2.05) is 31.2 Å². The normalized spacial score (nSPS) is 24.6. The average molecular weight is 301 g/mol. The highest BCUT2D eigenvalue weighted by Crippen LogP contribution is 2.39. The number of para-hydroxylation sites is 1. The van der Waals surface area contributed by atoms with Crippen molar-refractivity contribution in [3.8, 4) is 5.75 Å². The molecule has 1 aromatic carbocycles. The van der Waals surface area contributed by atoms with Gasteiger partial charge in [0.2, 0.25) is 0 Å². The van der Waals surface area contributed by atoms with Crippen molar-refractivity contribution in [2.24, 2.45) is 5.92 Å². The molecular formula is C16H22F3NO. The lowest BCUT2D eigenvalue weighted by Gasteiger charge is -2.35. The van der Waals surface area contributed by atoms with Crippen LogP contribution in [0.2, 0.25) is 0 Å². The summed E-state index contributed by atoms with van der Waals surface area (Å²) in [6, 6.07) is 6.76. The van der Waals surface area contributed by atoms with Crippen LogP contribution in [0.15, 0.2) is 24.3 Å². The van der Waals surface area contributed by atoms with Crippen LogP contribution in [0.1, 0.15) is 44.2 Å². The van der Waals surface area contributed by atoms with E-state index in [1.165, 1.54) is 0 Å². The van der Waals surface area contributed by atoms with Crippen molar-refractivity contribution >= 4 is 0 Å². The monoisotopic (exact) mass is 301 g/mol. The van der Waals surface area contributed by atoms with Gasteiger partial charge in [-0.1, -0.05) is 31.0 Å². The summed E-state index contributed by atoms with van der Waals surface area (Å²) in [5, 5.41) is 3.17. The van der Waals surface area contributed by atoms with Gasteiger partial charge < -0.3 is 10.1 Å². The van der Waals surface area contributed by atoms with Crippen LogP contribution in [0.5, 0.6) is 5.75 Å². The van der Waals surface area contributed by atoms with Crippen molar-refractivity contribution in [3.05, 3.63) is 29.8 Å². The average Bonchev–Trinajstić information content (AvgIpc) is 2.46. The second-order valence-corrected chi connectivity index (χ2v) is 5.67. The third-order valence-corrected chi connectivity index (χ3v) is 4.26. The van der Waals surface area contributed by atoms with Crippen molar-refractivity contribution in [2.45, 2.75) is 50.9 Å². The summed E-state index contributed by atoms with van der Waals surface area (Å²) >= 11 is 0. The summed E-state index contributed by atoms with van der Waals surface area (Å²) in [7, 11) is 1.57. The van der Waals surface area contributed by atoms with Crippen LogP contribution < -0.4 is 10.1 Å². The highest BCUT2D eigenvalue weighted by atomic mass is 19.4. The fourth-order valence-corrected chi connectivity index (χ4v) is 3.16. The zero-order chi connectivity index (χ0) is 15.5. The van der Waals surface area contributed by atoms with Crippen LogP contribution in [-0.4, -0.2) is 19.3 Å². The first-order valence-corrected chi connectivity index (χ1v) is 7.39. The van der Waals surface area contributed by atoms with Crippen LogP contribution >= 0.6 is 0 Å². The molecule has 0 heterocycles. The molecule has 0 aliphatic heterocycles. The Balaban J connectivity index is 2.11. The Kier molecular flexibility index (Phi) is 5.14. The van der Waals surface area contributed by atoms with Gasteiger partial charge in [-0.2, -0.15) is 13.2 Å². The van der Waals surface area contributed by atoms with Crippen molar-refractivity contribution < 1.29 is 17.9 Å². The largest absolute Gasteiger partial charge is 0.496 e. The lowest BCUT2D eigenvalue weighted by Crippen LogP contribution is -2.46. The second kappa shape index (κ2) is 6.69. The fraction of sp³-hybridized carbons (Fsp3) is 0.625. The van der Waals surface area contributed by atoms with Gasteiger partial charge >= 0.3 is 6.18 Å². The molecule has 0 bridgehead atoms. The van der Waals surface area contributed by atoms with E-state index in [0.717, 1.165) is 12.0 Å². The van der Waals surface area contributed by atoms with E-state index in [9.17, 15) is 13.2 Å². The predicted molar refractivity (Wildman–Crippen MR) is 76.3 cm³/mol. The van der Waals surface area contributed by atoms with Gasteiger partial charge in [-0.05, 0) is 25.8 Å². The Morgan fingerprint density at radius 1 is 1.19 bits per heavy atom. The maximum atomic E-state index is 13.1. The summed E-state index contributed by atoms with van der Waals surface area (Å²) in [6.07, 6.45) is -1.82. The summed E-state index contributed by atoms with van der Waals surface area (Å²) < 4.78 is 44.7. The second-order valence-electron chi connectivity index (χ2n) is 5.67. The Morgan fingerprint density at radius 3 is 2.52 bits per heavy atom. The molecule has 21 heavy (non-hydrogen) atoms. The molecule has 1 N–H and O–H groups in total. The topological polar surface area (TPSA) is 21.3 Å². The van der Waals surface area contributed by atoms with Crippen LogP contribution in [-0.2, 0) is 0 Å². The van der Waals surface area contributed by atoms with E-state index >= 15 is 0 Å². The molecule has 1 fully saturated rings. The van der Waals surface area contributed by atoms with Gasteiger partial charge in [0, 0.05) is 17.6 Å². The number of hydrogen-bond donors (Lipinski definition) is 1. The van der Waals surface area contributed by atoms with Gasteiger partial charge in [0.05, 0.1) is 13.0 Å². The minimum atomic E-state index is -4.13. The molecule has 0 amide bonds. The molecule has 0 saturated heterocycles. The Bertz CT molecular complexity index is 461. The molecule has 5 heteroatoms. The molecule has 118 valence electrons. The third kappa shape index (κ3) is 3.90. The number of benzene rings is 1. The van der Waals surface area contributed by atoms with Crippen LogP contribution in [0.4, 0.5) is 13.2 Å². The highest BCUT2D eigenvalue weighted by Gasteiger charge is 2.45. The molecule has 1 aromatic rings. The molecule has 3 atom stereocenters. The first-order chi connectivity index (χ1) is 9.93. The Labute approximate surface area is 123 Å². The summed E-state index contributed by atoms with van der Waals surface area (Å²) in [5.41, 5.74) is 0.895. The molecular weight excluding hydrogens is 279 g/mol. The first kappa shape index (κ1) is 16.1. The van der Waals surface area contributed by atoms with Gasteiger partial charge in [-0.3, -0.25) is 0 Å². The molecule has 0 aromatic heterocycles. The van der Waals surface area contributed by atoms with Crippen molar-refractivity contribution in [3.63, 3.8) is 0 Å². The number of alkyl halides is 3. The van der Waals surface area contributed by atoms with E-state index in [1.54, 1.807) is 7.11 Å². The lowest BCUT2D eigenvalue weighted by molar-refractivity contribution is -0.189. The number of halogens is 3. The fourth-order valence-electron chi connectivity index (χ4n) is 3.16. The molecule has 1 aliphatic rings. The number of methoxy groups -OCH3 is 1. The summed E-state index contributed by atoms with van der Waals surface area (Å²) in [5.74, 6) is -0.541. The minimum Gasteiger partial charge on any atom is -0.496 e.